The number of urea groups is 1. The first kappa shape index (κ1) is 34.5. The van der Waals surface area contributed by atoms with Crippen molar-refractivity contribution in [2.75, 3.05) is 30.0 Å². The van der Waals surface area contributed by atoms with Crippen LogP contribution >= 0.6 is 11.6 Å². The van der Waals surface area contributed by atoms with Crippen molar-refractivity contribution in [3.05, 3.63) is 57.2 Å². The molecule has 2 aromatic rings. The van der Waals surface area contributed by atoms with Crippen LogP contribution in [0.25, 0.3) is 0 Å². The monoisotopic (exact) mass is 630 g/mol. The molecule has 0 saturated carbocycles. The highest BCUT2D eigenvalue weighted by atomic mass is 35.5. The normalized spacial score (nSPS) is 15.6. The second kappa shape index (κ2) is 13.3. The molecule has 2 heterocycles. The van der Waals surface area contributed by atoms with Crippen molar-refractivity contribution in [2.45, 2.75) is 86.4 Å². The molecular weight excluding hydrogens is 588 g/mol. The summed E-state index contributed by atoms with van der Waals surface area (Å²) < 4.78 is 18.0. The lowest BCUT2D eigenvalue weighted by molar-refractivity contribution is -0.139. The highest BCUT2D eigenvalue weighted by Gasteiger charge is 2.45. The van der Waals surface area contributed by atoms with E-state index in [2.05, 4.69) is 10.6 Å². The molecular formula is C32H43ClN4O7. The first-order valence-electron chi connectivity index (χ1n) is 14.6. The van der Waals surface area contributed by atoms with Gasteiger partial charge in [0.25, 0.3) is 0 Å². The molecule has 1 aliphatic rings. The number of esters is 3. The van der Waals surface area contributed by atoms with E-state index in [0.29, 0.717) is 10.6 Å². The van der Waals surface area contributed by atoms with Gasteiger partial charge in [-0.15, -0.1) is 0 Å². The number of carbonyl (C=O) groups excluding carboxylic acids is 4. The highest BCUT2D eigenvalue weighted by molar-refractivity contribution is 6.30. The van der Waals surface area contributed by atoms with Crippen molar-refractivity contribution in [3.8, 4) is 0 Å². The lowest BCUT2D eigenvalue weighted by Gasteiger charge is -2.38. The number of ether oxygens (including phenoxy) is 3. The molecule has 12 heteroatoms. The third kappa shape index (κ3) is 7.04. The summed E-state index contributed by atoms with van der Waals surface area (Å²) in [6, 6.07) is 5.22. The summed E-state index contributed by atoms with van der Waals surface area (Å²) in [7, 11) is 0. The third-order valence-electron chi connectivity index (χ3n) is 6.66. The molecule has 1 aliphatic heterocycles. The average molecular weight is 631 g/mol. The molecule has 0 aliphatic carbocycles. The zero-order chi connectivity index (χ0) is 33.1. The van der Waals surface area contributed by atoms with Gasteiger partial charge in [-0.05, 0) is 86.9 Å². The van der Waals surface area contributed by atoms with Gasteiger partial charge in [-0.2, -0.15) is 0 Å². The molecule has 44 heavy (non-hydrogen) atoms. The molecule has 0 radical (unpaired) electrons. The smallest absolute Gasteiger partial charge is 0.342 e. The van der Waals surface area contributed by atoms with Crippen molar-refractivity contribution in [1.29, 1.82) is 0 Å². The maximum absolute atomic E-state index is 14.2. The summed E-state index contributed by atoms with van der Waals surface area (Å²) >= 11 is 6.11. The molecule has 2 amide bonds. The van der Waals surface area contributed by atoms with Crippen LogP contribution in [0.4, 0.5) is 16.4 Å². The minimum Gasteiger partial charge on any atom is -0.463 e. The summed E-state index contributed by atoms with van der Waals surface area (Å²) in [5.41, 5.74) is -0.697. The standard InChI is InChI=1S/C32H43ClN4O7/c1-11-42-27(38)21-18(4)36(30(41)34-24(21)19-14-16-20(33)17-15-19)26-23(29(40)44-13-3)22(28(39)43-12-2)25(35-31(5,6)7)37(26)32(8,9)10/h14-17,24,35H,11-13H2,1-10H3,(H,34,41). The molecule has 0 spiro atoms. The van der Waals surface area contributed by atoms with E-state index in [1.807, 2.05) is 41.5 Å². The number of rotatable bonds is 9. The molecule has 0 fully saturated rings. The zero-order valence-electron chi connectivity index (χ0n) is 27.1. The molecule has 240 valence electrons. The number of nitrogens with one attached hydrogen (secondary N) is 2. The van der Waals surface area contributed by atoms with Crippen LogP contribution in [-0.4, -0.2) is 53.9 Å². The van der Waals surface area contributed by atoms with Crippen LogP contribution in [0.1, 0.15) is 102 Å². The second-order valence-corrected chi connectivity index (χ2v) is 12.7. The summed E-state index contributed by atoms with van der Waals surface area (Å²) in [6.07, 6.45) is 0. The first-order valence-corrected chi connectivity index (χ1v) is 15.0. The van der Waals surface area contributed by atoms with Gasteiger partial charge in [0.05, 0.1) is 31.4 Å². The molecule has 3 rings (SSSR count). The summed E-state index contributed by atoms with van der Waals surface area (Å²) in [6.45, 7) is 18.1. The van der Waals surface area contributed by atoms with Gasteiger partial charge in [-0.3, -0.25) is 4.90 Å². The van der Waals surface area contributed by atoms with Gasteiger partial charge in [-0.1, -0.05) is 23.7 Å². The van der Waals surface area contributed by atoms with Gasteiger partial charge in [0, 0.05) is 21.8 Å². The summed E-state index contributed by atoms with van der Waals surface area (Å²) in [5.74, 6) is -1.95. The van der Waals surface area contributed by atoms with Gasteiger partial charge in [0.15, 0.2) is 0 Å². The molecule has 1 unspecified atom stereocenters. The Labute approximate surface area is 263 Å². The fraction of sp³-hybridized carbons (Fsp3) is 0.500. The molecule has 11 nitrogen and oxygen atoms in total. The number of anilines is 2. The molecule has 2 N–H and O–H groups in total. The Morgan fingerprint density at radius 2 is 1.36 bits per heavy atom. The second-order valence-electron chi connectivity index (χ2n) is 12.2. The van der Waals surface area contributed by atoms with Gasteiger partial charge < -0.3 is 29.4 Å². The van der Waals surface area contributed by atoms with Gasteiger partial charge in [0.1, 0.15) is 22.8 Å². The number of amides is 2. The Bertz CT molecular complexity index is 1460. The lowest BCUT2D eigenvalue weighted by Crippen LogP contribution is -2.50. The van der Waals surface area contributed by atoms with Gasteiger partial charge in [0.2, 0.25) is 0 Å². The fourth-order valence-corrected chi connectivity index (χ4v) is 5.20. The maximum Gasteiger partial charge on any atom is 0.342 e. The Morgan fingerprint density at radius 1 is 0.864 bits per heavy atom. The highest BCUT2D eigenvalue weighted by Crippen LogP contribution is 2.45. The third-order valence-corrected chi connectivity index (χ3v) is 6.92. The Hall–Kier alpha value is -3.99. The van der Waals surface area contributed by atoms with E-state index in [0.717, 1.165) is 0 Å². The van der Waals surface area contributed by atoms with Crippen LogP contribution in [0, 0.1) is 0 Å². The summed E-state index contributed by atoms with van der Waals surface area (Å²) in [4.78, 5) is 56.4. The lowest BCUT2D eigenvalue weighted by atomic mass is 9.94. The van der Waals surface area contributed by atoms with Crippen LogP contribution in [0.15, 0.2) is 35.5 Å². The van der Waals surface area contributed by atoms with Crippen molar-refractivity contribution in [1.82, 2.24) is 9.88 Å². The number of hydrogen-bond acceptors (Lipinski definition) is 8. The fourth-order valence-electron chi connectivity index (χ4n) is 5.07. The Kier molecular flexibility index (Phi) is 10.5. The van der Waals surface area contributed by atoms with Crippen LogP contribution < -0.4 is 15.5 Å². The van der Waals surface area contributed by atoms with Crippen LogP contribution in [-0.2, 0) is 24.5 Å². The maximum atomic E-state index is 14.2. The van der Waals surface area contributed by atoms with E-state index >= 15 is 0 Å². The molecule has 0 bridgehead atoms. The minimum absolute atomic E-state index is 0.0109. The number of benzene rings is 1. The number of hydrogen-bond donors (Lipinski definition) is 2. The molecule has 1 aromatic heterocycles. The van der Waals surface area contributed by atoms with Crippen LogP contribution in [0.5, 0.6) is 0 Å². The van der Waals surface area contributed by atoms with E-state index < -0.39 is 41.1 Å². The van der Waals surface area contributed by atoms with Crippen LogP contribution in [0.2, 0.25) is 5.02 Å². The van der Waals surface area contributed by atoms with E-state index in [1.165, 1.54) is 4.90 Å². The molecule has 1 atom stereocenters. The van der Waals surface area contributed by atoms with E-state index in [1.54, 1.807) is 56.5 Å². The number of aromatic nitrogens is 1. The number of halogens is 1. The average Bonchev–Trinajstić information content (AvgIpc) is 3.22. The SMILES string of the molecule is CCOC(=O)C1=C(C)N(c2c(C(=O)OCC)c(C(=O)OCC)c(NC(C)(C)C)n2C(C)(C)C)C(=O)NC1c1ccc(Cl)cc1. The predicted octanol–water partition coefficient (Wildman–Crippen LogP) is 6.57. The largest absolute Gasteiger partial charge is 0.463 e. The summed E-state index contributed by atoms with van der Waals surface area (Å²) in [5, 5.41) is 6.76. The predicted molar refractivity (Wildman–Crippen MR) is 169 cm³/mol. The molecule has 1 aromatic carbocycles. The van der Waals surface area contributed by atoms with Crippen molar-refractivity contribution in [3.63, 3.8) is 0 Å². The van der Waals surface area contributed by atoms with Crippen molar-refractivity contribution in [2.24, 2.45) is 0 Å². The number of carbonyl (C=O) groups is 4. The van der Waals surface area contributed by atoms with Gasteiger partial charge >= 0.3 is 23.9 Å². The van der Waals surface area contributed by atoms with E-state index in [9.17, 15) is 19.2 Å². The van der Waals surface area contributed by atoms with E-state index in [-0.39, 0.29) is 53.9 Å². The van der Waals surface area contributed by atoms with Crippen molar-refractivity contribution < 1.29 is 33.4 Å². The quantitative estimate of drug-likeness (QED) is 0.235. The number of allylic oxidation sites excluding steroid dienone is 1. The van der Waals surface area contributed by atoms with Crippen molar-refractivity contribution >= 4 is 47.2 Å². The van der Waals surface area contributed by atoms with Gasteiger partial charge in [-0.25, -0.2) is 19.2 Å². The number of nitrogens with zero attached hydrogens (tertiary/aromatic N) is 2. The Balaban J connectivity index is 2.54. The first-order chi connectivity index (χ1) is 20.5. The minimum atomic E-state index is -0.879. The Morgan fingerprint density at radius 3 is 1.84 bits per heavy atom. The molecule has 0 saturated heterocycles. The van der Waals surface area contributed by atoms with E-state index in [4.69, 9.17) is 25.8 Å². The van der Waals surface area contributed by atoms with Crippen LogP contribution in [0.3, 0.4) is 0 Å². The topological polar surface area (TPSA) is 128 Å². The zero-order valence-corrected chi connectivity index (χ0v) is 27.9.